The number of fused-ring (bicyclic) bond motifs is 1. The fraction of sp³-hybridized carbons (Fsp3) is 0.917. The first-order chi connectivity index (χ1) is 6.41. The number of hydrogen-bond acceptors (Lipinski definition) is 2. The SMILES string of the molecule is CC(=O)O[C@]1(C)CC[C@@]2(C(C)C)CC21. The van der Waals surface area contributed by atoms with E-state index in [4.69, 9.17) is 4.74 Å². The Bertz CT molecular complexity index is 271. The molecule has 0 aromatic rings. The summed E-state index contributed by atoms with van der Waals surface area (Å²) in [5, 5.41) is 0. The summed E-state index contributed by atoms with van der Waals surface area (Å²) in [6.07, 6.45) is 3.54. The molecule has 2 saturated carbocycles. The molecular weight excluding hydrogens is 176 g/mol. The van der Waals surface area contributed by atoms with E-state index in [-0.39, 0.29) is 11.6 Å². The number of rotatable bonds is 2. The molecule has 0 radical (unpaired) electrons. The zero-order valence-corrected chi connectivity index (χ0v) is 9.59. The minimum atomic E-state index is -0.157. The van der Waals surface area contributed by atoms with E-state index in [1.165, 1.54) is 19.8 Å². The molecule has 0 aliphatic heterocycles. The van der Waals surface area contributed by atoms with Crippen molar-refractivity contribution in [2.75, 3.05) is 0 Å². The quantitative estimate of drug-likeness (QED) is 0.635. The lowest BCUT2D eigenvalue weighted by molar-refractivity contribution is -0.156. The van der Waals surface area contributed by atoms with E-state index < -0.39 is 0 Å². The molecule has 0 saturated heterocycles. The van der Waals surface area contributed by atoms with Gasteiger partial charge in [-0.25, -0.2) is 0 Å². The maximum absolute atomic E-state index is 11.0. The van der Waals surface area contributed by atoms with Crippen LogP contribution in [0, 0.1) is 17.3 Å². The van der Waals surface area contributed by atoms with Crippen LogP contribution in [0.3, 0.4) is 0 Å². The Labute approximate surface area is 86.0 Å². The lowest BCUT2D eigenvalue weighted by Gasteiger charge is -2.25. The predicted octanol–water partition coefficient (Wildman–Crippen LogP) is 2.76. The Morgan fingerprint density at radius 3 is 2.43 bits per heavy atom. The Morgan fingerprint density at radius 2 is 2.07 bits per heavy atom. The second-order valence-electron chi connectivity index (χ2n) is 5.55. The van der Waals surface area contributed by atoms with E-state index >= 15 is 0 Å². The molecule has 2 heteroatoms. The smallest absolute Gasteiger partial charge is 0.303 e. The van der Waals surface area contributed by atoms with Crippen molar-refractivity contribution in [3.63, 3.8) is 0 Å². The van der Waals surface area contributed by atoms with Crippen LogP contribution in [0.5, 0.6) is 0 Å². The Kier molecular flexibility index (Phi) is 1.96. The fourth-order valence-electron chi connectivity index (χ4n) is 3.45. The zero-order chi connectivity index (χ0) is 10.6. The average Bonchev–Trinajstić information content (AvgIpc) is 2.70. The molecule has 80 valence electrons. The molecule has 0 bridgehead atoms. The maximum atomic E-state index is 11.0. The van der Waals surface area contributed by atoms with Gasteiger partial charge in [-0.05, 0) is 37.5 Å². The van der Waals surface area contributed by atoms with Gasteiger partial charge in [0, 0.05) is 12.8 Å². The molecule has 2 fully saturated rings. The molecule has 0 N–H and O–H groups in total. The summed E-state index contributed by atoms with van der Waals surface area (Å²) in [4.78, 5) is 11.0. The molecule has 2 aliphatic rings. The number of ether oxygens (including phenoxy) is 1. The molecular formula is C12H20O2. The van der Waals surface area contributed by atoms with Gasteiger partial charge in [-0.2, -0.15) is 0 Å². The van der Waals surface area contributed by atoms with E-state index in [0.717, 1.165) is 12.3 Å². The van der Waals surface area contributed by atoms with Crippen LogP contribution in [-0.4, -0.2) is 11.6 Å². The van der Waals surface area contributed by atoms with Gasteiger partial charge in [-0.3, -0.25) is 4.79 Å². The minimum absolute atomic E-state index is 0.126. The molecule has 0 heterocycles. The second kappa shape index (κ2) is 2.74. The van der Waals surface area contributed by atoms with Crippen LogP contribution in [0.25, 0.3) is 0 Å². The van der Waals surface area contributed by atoms with Crippen LogP contribution >= 0.6 is 0 Å². The number of carbonyl (C=O) groups excluding carboxylic acids is 1. The number of carbonyl (C=O) groups is 1. The van der Waals surface area contributed by atoms with Gasteiger partial charge in [0.15, 0.2) is 0 Å². The van der Waals surface area contributed by atoms with Crippen molar-refractivity contribution >= 4 is 5.97 Å². The van der Waals surface area contributed by atoms with Crippen LogP contribution in [0.4, 0.5) is 0 Å². The van der Waals surface area contributed by atoms with Gasteiger partial charge < -0.3 is 4.74 Å². The normalized spacial score (nSPS) is 45.1. The third-order valence-electron chi connectivity index (χ3n) is 4.47. The van der Waals surface area contributed by atoms with Crippen molar-refractivity contribution in [1.82, 2.24) is 0 Å². The topological polar surface area (TPSA) is 26.3 Å². The summed E-state index contributed by atoms with van der Waals surface area (Å²) in [6, 6.07) is 0. The van der Waals surface area contributed by atoms with E-state index in [0.29, 0.717) is 11.3 Å². The molecule has 0 aromatic carbocycles. The highest BCUT2D eigenvalue weighted by Gasteiger charge is 2.69. The first-order valence-electron chi connectivity index (χ1n) is 5.60. The Morgan fingerprint density at radius 1 is 1.43 bits per heavy atom. The summed E-state index contributed by atoms with van der Waals surface area (Å²) in [7, 11) is 0. The minimum Gasteiger partial charge on any atom is -0.459 e. The fourth-order valence-corrected chi connectivity index (χ4v) is 3.45. The van der Waals surface area contributed by atoms with E-state index in [1.54, 1.807) is 0 Å². The molecule has 2 aliphatic carbocycles. The van der Waals surface area contributed by atoms with Gasteiger partial charge in [0.25, 0.3) is 0 Å². The first-order valence-corrected chi connectivity index (χ1v) is 5.60. The van der Waals surface area contributed by atoms with Crippen molar-refractivity contribution < 1.29 is 9.53 Å². The highest BCUT2D eigenvalue weighted by molar-refractivity contribution is 5.66. The van der Waals surface area contributed by atoms with Crippen LogP contribution < -0.4 is 0 Å². The Balaban J connectivity index is 2.10. The standard InChI is InChI=1S/C12H20O2/c1-8(2)12-6-5-11(4,10(12)7-12)14-9(3)13/h8,10H,5-7H2,1-4H3/t10?,11-,12+/m1/s1. The van der Waals surface area contributed by atoms with Crippen molar-refractivity contribution in [2.45, 2.75) is 52.6 Å². The van der Waals surface area contributed by atoms with E-state index in [9.17, 15) is 4.79 Å². The molecule has 0 amide bonds. The van der Waals surface area contributed by atoms with Crippen LogP contribution in [0.1, 0.15) is 47.0 Å². The second-order valence-corrected chi connectivity index (χ2v) is 5.55. The van der Waals surface area contributed by atoms with Crippen molar-refractivity contribution in [3.8, 4) is 0 Å². The van der Waals surface area contributed by atoms with Gasteiger partial charge >= 0.3 is 5.97 Å². The molecule has 0 spiro atoms. The Hall–Kier alpha value is -0.530. The summed E-state index contributed by atoms with van der Waals surface area (Å²) in [5.41, 5.74) is 0.348. The predicted molar refractivity (Wildman–Crippen MR) is 54.8 cm³/mol. The maximum Gasteiger partial charge on any atom is 0.303 e. The summed E-state index contributed by atoms with van der Waals surface area (Å²) < 4.78 is 5.49. The molecule has 2 nitrogen and oxygen atoms in total. The van der Waals surface area contributed by atoms with Crippen molar-refractivity contribution in [1.29, 1.82) is 0 Å². The molecule has 3 atom stereocenters. The largest absolute Gasteiger partial charge is 0.459 e. The third-order valence-corrected chi connectivity index (χ3v) is 4.47. The van der Waals surface area contributed by atoms with Gasteiger partial charge in [-0.15, -0.1) is 0 Å². The van der Waals surface area contributed by atoms with Gasteiger partial charge in [0.05, 0.1) is 0 Å². The lowest BCUT2D eigenvalue weighted by atomic mass is 9.90. The van der Waals surface area contributed by atoms with E-state index in [2.05, 4.69) is 20.8 Å². The monoisotopic (exact) mass is 196 g/mol. The van der Waals surface area contributed by atoms with Gasteiger partial charge in [-0.1, -0.05) is 13.8 Å². The third kappa shape index (κ3) is 1.19. The van der Waals surface area contributed by atoms with Crippen molar-refractivity contribution in [3.05, 3.63) is 0 Å². The molecule has 0 aromatic heterocycles. The average molecular weight is 196 g/mol. The molecule has 2 rings (SSSR count). The van der Waals surface area contributed by atoms with Crippen LogP contribution in [-0.2, 0) is 9.53 Å². The summed E-state index contributed by atoms with van der Waals surface area (Å²) >= 11 is 0. The highest BCUT2D eigenvalue weighted by atomic mass is 16.6. The zero-order valence-electron chi connectivity index (χ0n) is 9.59. The van der Waals surface area contributed by atoms with Gasteiger partial charge in [0.1, 0.15) is 5.60 Å². The van der Waals surface area contributed by atoms with Crippen molar-refractivity contribution in [2.24, 2.45) is 17.3 Å². The highest BCUT2D eigenvalue weighted by Crippen LogP contribution is 2.71. The number of hydrogen-bond donors (Lipinski definition) is 0. The van der Waals surface area contributed by atoms with Crippen LogP contribution in [0.2, 0.25) is 0 Å². The first kappa shape index (κ1) is 10.0. The molecule has 14 heavy (non-hydrogen) atoms. The summed E-state index contributed by atoms with van der Waals surface area (Å²) in [5.74, 6) is 1.22. The lowest BCUT2D eigenvalue weighted by Crippen LogP contribution is -2.31. The van der Waals surface area contributed by atoms with Gasteiger partial charge in [0.2, 0.25) is 0 Å². The molecule has 1 unspecified atom stereocenters. The van der Waals surface area contributed by atoms with E-state index in [1.807, 2.05) is 0 Å². The number of esters is 1. The van der Waals surface area contributed by atoms with Crippen LogP contribution in [0.15, 0.2) is 0 Å². The summed E-state index contributed by atoms with van der Waals surface area (Å²) in [6.45, 7) is 8.21.